The molecule has 1 atom stereocenters. The highest BCUT2D eigenvalue weighted by Crippen LogP contribution is 2.11. The molecule has 0 saturated heterocycles. The molecule has 0 aliphatic heterocycles. The van der Waals surface area contributed by atoms with E-state index in [-0.39, 0.29) is 18.2 Å². The predicted molar refractivity (Wildman–Crippen MR) is 80.9 cm³/mol. The zero-order valence-corrected chi connectivity index (χ0v) is 12.9. The Labute approximate surface area is 132 Å². The van der Waals surface area contributed by atoms with Crippen molar-refractivity contribution in [2.45, 2.75) is 26.8 Å². The molecule has 1 rings (SSSR count). The van der Waals surface area contributed by atoms with Gasteiger partial charge in [0.05, 0.1) is 17.0 Å². The normalized spacial score (nSPS) is 12.0. The highest BCUT2D eigenvalue weighted by molar-refractivity contribution is 5.77. The largest absolute Gasteiger partial charge is 0.481 e. The van der Waals surface area contributed by atoms with Gasteiger partial charge in [0.25, 0.3) is 11.2 Å². The van der Waals surface area contributed by atoms with Gasteiger partial charge in [-0.15, -0.1) is 0 Å². The number of carboxylic acid groups (broad SMARTS) is 1. The van der Waals surface area contributed by atoms with Crippen LogP contribution >= 0.6 is 0 Å². The lowest BCUT2D eigenvalue weighted by atomic mass is 9.97. The molecule has 0 fully saturated rings. The zero-order chi connectivity index (χ0) is 17.6. The summed E-state index contributed by atoms with van der Waals surface area (Å²) >= 11 is 0. The summed E-state index contributed by atoms with van der Waals surface area (Å²) in [5, 5.41) is 22.2. The van der Waals surface area contributed by atoms with E-state index in [9.17, 15) is 24.5 Å². The average Bonchev–Trinajstić information content (AvgIpc) is 2.44. The van der Waals surface area contributed by atoms with E-state index < -0.39 is 34.8 Å². The number of hydrogen-bond donors (Lipinski definition) is 2. The Morgan fingerprint density at radius 1 is 1.39 bits per heavy atom. The van der Waals surface area contributed by atoms with Crippen LogP contribution in [0.4, 0.5) is 5.69 Å². The van der Waals surface area contributed by atoms with Gasteiger partial charge in [0.2, 0.25) is 5.91 Å². The molecule has 1 heterocycles. The van der Waals surface area contributed by atoms with Crippen molar-refractivity contribution < 1.29 is 19.6 Å². The molecule has 1 aromatic heterocycles. The third kappa shape index (κ3) is 5.89. The molecule has 0 bridgehead atoms. The smallest absolute Gasteiger partial charge is 0.308 e. The molecule has 9 nitrogen and oxygen atoms in total. The molecule has 0 spiro atoms. The van der Waals surface area contributed by atoms with E-state index in [0.717, 1.165) is 22.9 Å². The second kappa shape index (κ2) is 8.06. The molecular formula is C14H19N3O6. The van der Waals surface area contributed by atoms with Crippen LogP contribution < -0.4 is 10.9 Å². The van der Waals surface area contributed by atoms with Crippen molar-refractivity contribution in [1.82, 2.24) is 9.88 Å². The Kier molecular flexibility index (Phi) is 6.43. The van der Waals surface area contributed by atoms with Crippen molar-refractivity contribution in [2.75, 3.05) is 6.54 Å². The fraction of sp³-hybridized carbons (Fsp3) is 0.500. The van der Waals surface area contributed by atoms with E-state index in [0.29, 0.717) is 6.42 Å². The van der Waals surface area contributed by atoms with Gasteiger partial charge in [-0.3, -0.25) is 29.1 Å². The van der Waals surface area contributed by atoms with E-state index in [1.165, 1.54) is 0 Å². The average molecular weight is 325 g/mol. The first-order valence-electron chi connectivity index (χ1n) is 7.05. The van der Waals surface area contributed by atoms with Crippen LogP contribution in [0.2, 0.25) is 0 Å². The number of pyridine rings is 1. The SMILES string of the molecule is CC(C)CC(CNC(=O)Cn1cc([N+](=O)[O-])ccc1=O)C(=O)O. The van der Waals surface area contributed by atoms with Gasteiger partial charge in [0, 0.05) is 18.7 Å². The van der Waals surface area contributed by atoms with Gasteiger partial charge in [0.15, 0.2) is 0 Å². The van der Waals surface area contributed by atoms with E-state index in [1.807, 2.05) is 13.8 Å². The second-order valence-electron chi connectivity index (χ2n) is 5.58. The van der Waals surface area contributed by atoms with E-state index >= 15 is 0 Å². The van der Waals surface area contributed by atoms with Gasteiger partial charge in [-0.1, -0.05) is 13.8 Å². The summed E-state index contributed by atoms with van der Waals surface area (Å²) in [4.78, 5) is 44.5. The number of nitro groups is 1. The minimum absolute atomic E-state index is 0.0595. The molecular weight excluding hydrogens is 306 g/mol. The summed E-state index contributed by atoms with van der Waals surface area (Å²) < 4.78 is 0.908. The lowest BCUT2D eigenvalue weighted by molar-refractivity contribution is -0.385. The highest BCUT2D eigenvalue weighted by Gasteiger charge is 2.20. The molecule has 1 unspecified atom stereocenters. The van der Waals surface area contributed by atoms with Crippen molar-refractivity contribution in [3.63, 3.8) is 0 Å². The van der Waals surface area contributed by atoms with Gasteiger partial charge in [0.1, 0.15) is 6.54 Å². The van der Waals surface area contributed by atoms with Crippen LogP contribution in [0.15, 0.2) is 23.1 Å². The highest BCUT2D eigenvalue weighted by atomic mass is 16.6. The Bertz CT molecular complexity index is 652. The molecule has 0 aliphatic rings. The molecule has 1 aromatic rings. The fourth-order valence-corrected chi connectivity index (χ4v) is 2.04. The number of nitrogens with one attached hydrogen (secondary N) is 1. The summed E-state index contributed by atoms with van der Waals surface area (Å²) in [6.07, 6.45) is 1.39. The van der Waals surface area contributed by atoms with Crippen molar-refractivity contribution in [3.05, 3.63) is 38.8 Å². The van der Waals surface area contributed by atoms with E-state index in [4.69, 9.17) is 5.11 Å². The number of carboxylic acids is 1. The first kappa shape index (κ1) is 18.3. The fourth-order valence-electron chi connectivity index (χ4n) is 2.04. The molecule has 9 heteroatoms. The summed E-state index contributed by atoms with van der Waals surface area (Å²) in [6.45, 7) is 3.28. The molecule has 0 radical (unpaired) electrons. The molecule has 0 aliphatic carbocycles. The Hall–Kier alpha value is -2.71. The van der Waals surface area contributed by atoms with Crippen molar-refractivity contribution in [2.24, 2.45) is 11.8 Å². The van der Waals surface area contributed by atoms with Gasteiger partial charge >= 0.3 is 5.97 Å². The number of aliphatic carboxylic acids is 1. The Balaban J connectivity index is 2.70. The topological polar surface area (TPSA) is 132 Å². The minimum Gasteiger partial charge on any atom is -0.481 e. The molecule has 126 valence electrons. The van der Waals surface area contributed by atoms with Crippen molar-refractivity contribution in [1.29, 1.82) is 0 Å². The van der Waals surface area contributed by atoms with Gasteiger partial charge < -0.3 is 10.4 Å². The monoisotopic (exact) mass is 325 g/mol. The van der Waals surface area contributed by atoms with E-state index in [1.54, 1.807) is 0 Å². The Morgan fingerprint density at radius 2 is 2.04 bits per heavy atom. The lowest BCUT2D eigenvalue weighted by Crippen LogP contribution is -2.37. The summed E-state index contributed by atoms with van der Waals surface area (Å²) in [5.41, 5.74) is -0.858. The maximum atomic E-state index is 11.8. The number of carbonyl (C=O) groups is 2. The molecule has 2 N–H and O–H groups in total. The number of amides is 1. The molecule has 23 heavy (non-hydrogen) atoms. The van der Waals surface area contributed by atoms with Crippen LogP contribution in [-0.2, 0) is 16.1 Å². The number of hydrogen-bond acceptors (Lipinski definition) is 5. The van der Waals surface area contributed by atoms with Crippen LogP contribution in [0.5, 0.6) is 0 Å². The minimum atomic E-state index is -1.01. The standard InChI is InChI=1S/C14H19N3O6/c1-9(2)5-10(14(20)21)6-15-12(18)8-16-7-11(17(22)23)3-4-13(16)19/h3-4,7,9-10H,5-6,8H2,1-2H3,(H,15,18)(H,20,21). The third-order valence-electron chi connectivity index (χ3n) is 3.14. The maximum Gasteiger partial charge on any atom is 0.308 e. The first-order valence-corrected chi connectivity index (χ1v) is 7.05. The number of nitrogens with zero attached hydrogens (tertiary/aromatic N) is 2. The zero-order valence-electron chi connectivity index (χ0n) is 12.9. The van der Waals surface area contributed by atoms with Crippen molar-refractivity contribution >= 4 is 17.6 Å². The van der Waals surface area contributed by atoms with Gasteiger partial charge in [-0.2, -0.15) is 0 Å². The summed E-state index contributed by atoms with van der Waals surface area (Å²) in [5.74, 6) is -2.15. The van der Waals surface area contributed by atoms with Gasteiger partial charge in [-0.25, -0.2) is 0 Å². The quantitative estimate of drug-likeness (QED) is 0.532. The van der Waals surface area contributed by atoms with Crippen LogP contribution in [-0.4, -0.2) is 33.0 Å². The molecule has 0 aromatic carbocycles. The van der Waals surface area contributed by atoms with Crippen LogP contribution in [0.25, 0.3) is 0 Å². The number of rotatable bonds is 8. The van der Waals surface area contributed by atoms with Crippen molar-refractivity contribution in [3.8, 4) is 0 Å². The molecule has 0 saturated carbocycles. The van der Waals surface area contributed by atoms with Gasteiger partial charge in [-0.05, 0) is 12.3 Å². The van der Waals surface area contributed by atoms with Crippen LogP contribution in [0, 0.1) is 22.0 Å². The number of carbonyl (C=O) groups excluding carboxylic acids is 1. The third-order valence-corrected chi connectivity index (χ3v) is 3.14. The van der Waals surface area contributed by atoms with E-state index in [2.05, 4.69) is 5.32 Å². The summed E-state index contributed by atoms with van der Waals surface area (Å²) in [6, 6.07) is 2.06. The molecule has 1 amide bonds. The predicted octanol–water partition coefficient (Wildman–Crippen LogP) is 0.620. The summed E-state index contributed by atoms with van der Waals surface area (Å²) in [7, 11) is 0. The number of aromatic nitrogens is 1. The lowest BCUT2D eigenvalue weighted by Gasteiger charge is -2.15. The Morgan fingerprint density at radius 3 is 2.57 bits per heavy atom. The first-order chi connectivity index (χ1) is 10.7. The van der Waals surface area contributed by atoms with Crippen LogP contribution in [0.1, 0.15) is 20.3 Å². The second-order valence-corrected chi connectivity index (χ2v) is 5.58. The van der Waals surface area contributed by atoms with Crippen LogP contribution in [0.3, 0.4) is 0 Å². The maximum absolute atomic E-state index is 11.8.